The Labute approximate surface area is 140 Å². The van der Waals surface area contributed by atoms with Crippen LogP contribution in [0.3, 0.4) is 0 Å². The Hall–Kier alpha value is -3.13. The van der Waals surface area contributed by atoms with Gasteiger partial charge in [0.25, 0.3) is 5.91 Å². The van der Waals surface area contributed by atoms with E-state index in [9.17, 15) is 9.59 Å². The topological polar surface area (TPSA) is 73.2 Å². The predicted octanol–water partition coefficient (Wildman–Crippen LogP) is 2.93. The first kappa shape index (κ1) is 15.8. The Kier molecular flexibility index (Phi) is 4.57. The van der Waals surface area contributed by atoms with Crippen LogP contribution in [0.1, 0.15) is 34.3 Å². The second-order valence-corrected chi connectivity index (χ2v) is 5.77. The number of hydrogen-bond donors (Lipinski definition) is 1. The number of benzene rings is 2. The summed E-state index contributed by atoms with van der Waals surface area (Å²) in [6.07, 6.45) is 1.50. The molecule has 5 heteroatoms. The second-order valence-electron chi connectivity index (χ2n) is 5.77. The summed E-state index contributed by atoms with van der Waals surface area (Å²) in [5.41, 5.74) is 2.54. The van der Waals surface area contributed by atoms with Gasteiger partial charge in [-0.2, -0.15) is 5.26 Å². The van der Waals surface area contributed by atoms with Crippen LogP contribution in [-0.2, 0) is 11.3 Å². The highest BCUT2D eigenvalue weighted by molar-refractivity contribution is 6.04. The van der Waals surface area contributed by atoms with Gasteiger partial charge >= 0.3 is 0 Å². The fraction of sp³-hybridized carbons (Fsp3) is 0.211. The van der Waals surface area contributed by atoms with E-state index in [1.807, 2.05) is 23.1 Å². The zero-order valence-electron chi connectivity index (χ0n) is 13.2. The standard InChI is InChI=1S/C19H17N3O2/c20-12-14-4-2-7-17(11-14)21-19(24)16-6-1-5-15(10-16)13-22-9-3-8-18(22)23/h1-2,4-7,10-11H,3,8-9,13H2,(H,21,24). The van der Waals surface area contributed by atoms with Crippen molar-refractivity contribution in [3.63, 3.8) is 0 Å². The molecule has 1 aliphatic rings. The third-order valence-electron chi connectivity index (χ3n) is 3.98. The van der Waals surface area contributed by atoms with E-state index in [2.05, 4.69) is 5.32 Å². The Morgan fingerprint density at radius 3 is 2.79 bits per heavy atom. The molecule has 0 radical (unpaired) electrons. The van der Waals surface area contributed by atoms with Gasteiger partial charge in [0.05, 0.1) is 11.6 Å². The van der Waals surface area contributed by atoms with Crippen molar-refractivity contribution in [3.05, 3.63) is 65.2 Å². The van der Waals surface area contributed by atoms with Gasteiger partial charge in [0.2, 0.25) is 5.91 Å². The number of likely N-dealkylation sites (tertiary alicyclic amines) is 1. The SMILES string of the molecule is N#Cc1cccc(NC(=O)c2cccc(CN3CCCC3=O)c2)c1. The molecule has 0 unspecified atom stereocenters. The van der Waals surface area contributed by atoms with Crippen molar-refractivity contribution < 1.29 is 9.59 Å². The highest BCUT2D eigenvalue weighted by Gasteiger charge is 2.20. The third-order valence-corrected chi connectivity index (χ3v) is 3.98. The van der Waals surface area contributed by atoms with E-state index < -0.39 is 0 Å². The lowest BCUT2D eigenvalue weighted by molar-refractivity contribution is -0.128. The lowest BCUT2D eigenvalue weighted by Gasteiger charge is -2.16. The van der Waals surface area contributed by atoms with Crippen molar-refractivity contribution in [3.8, 4) is 6.07 Å². The maximum Gasteiger partial charge on any atom is 0.255 e. The summed E-state index contributed by atoms with van der Waals surface area (Å²) in [5.74, 6) is -0.0714. The quantitative estimate of drug-likeness (QED) is 0.941. The number of nitriles is 1. The smallest absolute Gasteiger partial charge is 0.255 e. The molecule has 3 rings (SSSR count). The van der Waals surface area contributed by atoms with Crippen LogP contribution in [0.25, 0.3) is 0 Å². The average molecular weight is 319 g/mol. The average Bonchev–Trinajstić information content (AvgIpc) is 3.00. The summed E-state index contributed by atoms with van der Waals surface area (Å²) < 4.78 is 0. The lowest BCUT2D eigenvalue weighted by atomic mass is 10.1. The van der Waals surface area contributed by atoms with Gasteiger partial charge in [-0.1, -0.05) is 18.2 Å². The monoisotopic (exact) mass is 319 g/mol. The van der Waals surface area contributed by atoms with Crippen LogP contribution in [-0.4, -0.2) is 23.3 Å². The molecule has 2 aromatic rings. The van der Waals surface area contributed by atoms with Crippen LogP contribution in [0, 0.1) is 11.3 Å². The first-order valence-corrected chi connectivity index (χ1v) is 7.84. The molecule has 2 amide bonds. The van der Waals surface area contributed by atoms with Crippen LogP contribution in [0.15, 0.2) is 48.5 Å². The Bertz CT molecular complexity index is 823. The van der Waals surface area contributed by atoms with Crippen molar-refractivity contribution in [2.45, 2.75) is 19.4 Å². The van der Waals surface area contributed by atoms with Gasteiger partial charge in [-0.15, -0.1) is 0 Å². The molecular formula is C19H17N3O2. The molecular weight excluding hydrogens is 302 g/mol. The molecule has 5 nitrogen and oxygen atoms in total. The zero-order chi connectivity index (χ0) is 16.9. The molecule has 24 heavy (non-hydrogen) atoms. The van der Waals surface area contributed by atoms with Gasteiger partial charge in [-0.25, -0.2) is 0 Å². The van der Waals surface area contributed by atoms with E-state index in [1.54, 1.807) is 36.4 Å². The largest absolute Gasteiger partial charge is 0.338 e. The van der Waals surface area contributed by atoms with Gasteiger partial charge in [0.15, 0.2) is 0 Å². The maximum atomic E-state index is 12.4. The minimum Gasteiger partial charge on any atom is -0.338 e. The van der Waals surface area contributed by atoms with Crippen LogP contribution in [0.5, 0.6) is 0 Å². The van der Waals surface area contributed by atoms with Crippen molar-refractivity contribution in [1.82, 2.24) is 4.90 Å². The van der Waals surface area contributed by atoms with E-state index >= 15 is 0 Å². The molecule has 120 valence electrons. The summed E-state index contributed by atoms with van der Waals surface area (Å²) in [5, 5.41) is 11.7. The molecule has 2 aromatic carbocycles. The van der Waals surface area contributed by atoms with Gasteiger partial charge < -0.3 is 10.2 Å². The zero-order valence-corrected chi connectivity index (χ0v) is 13.2. The summed E-state index contributed by atoms with van der Waals surface area (Å²) in [7, 11) is 0. The highest BCUT2D eigenvalue weighted by Crippen LogP contribution is 2.16. The minimum atomic E-state index is -0.236. The fourth-order valence-corrected chi connectivity index (χ4v) is 2.77. The number of carbonyl (C=O) groups is 2. The number of anilines is 1. The lowest BCUT2D eigenvalue weighted by Crippen LogP contribution is -2.24. The molecule has 1 saturated heterocycles. The van der Waals surface area contributed by atoms with Crippen molar-refractivity contribution in [2.24, 2.45) is 0 Å². The third kappa shape index (κ3) is 3.61. The van der Waals surface area contributed by atoms with Crippen molar-refractivity contribution in [1.29, 1.82) is 5.26 Å². The molecule has 1 fully saturated rings. The number of nitrogens with zero attached hydrogens (tertiary/aromatic N) is 2. The number of carbonyl (C=O) groups excluding carboxylic acids is 2. The van der Waals surface area contributed by atoms with E-state index in [0.29, 0.717) is 29.8 Å². The van der Waals surface area contributed by atoms with E-state index in [-0.39, 0.29) is 11.8 Å². The van der Waals surface area contributed by atoms with E-state index in [1.165, 1.54) is 0 Å². The molecule has 0 aromatic heterocycles. The van der Waals surface area contributed by atoms with Crippen LogP contribution in [0.2, 0.25) is 0 Å². The Balaban J connectivity index is 1.72. The summed E-state index contributed by atoms with van der Waals surface area (Å²) in [6.45, 7) is 1.31. The molecule has 1 N–H and O–H groups in total. The molecule has 0 atom stereocenters. The summed E-state index contributed by atoms with van der Waals surface area (Å²) >= 11 is 0. The molecule has 1 heterocycles. The normalized spacial score (nSPS) is 13.6. The van der Waals surface area contributed by atoms with E-state index in [4.69, 9.17) is 5.26 Å². The highest BCUT2D eigenvalue weighted by atomic mass is 16.2. The second kappa shape index (κ2) is 6.97. The fourth-order valence-electron chi connectivity index (χ4n) is 2.77. The number of rotatable bonds is 4. The molecule has 0 bridgehead atoms. The number of nitrogens with one attached hydrogen (secondary N) is 1. The van der Waals surface area contributed by atoms with E-state index in [0.717, 1.165) is 18.5 Å². The van der Waals surface area contributed by atoms with Crippen LogP contribution < -0.4 is 5.32 Å². The van der Waals surface area contributed by atoms with Crippen molar-refractivity contribution >= 4 is 17.5 Å². The Morgan fingerprint density at radius 2 is 2.04 bits per heavy atom. The molecule has 0 aliphatic carbocycles. The Morgan fingerprint density at radius 1 is 1.21 bits per heavy atom. The van der Waals surface area contributed by atoms with Gasteiger partial charge in [0, 0.05) is 30.8 Å². The van der Waals surface area contributed by atoms with Gasteiger partial charge in [-0.3, -0.25) is 9.59 Å². The first-order valence-electron chi connectivity index (χ1n) is 7.84. The van der Waals surface area contributed by atoms with Gasteiger partial charge in [0.1, 0.15) is 0 Å². The predicted molar refractivity (Wildman–Crippen MR) is 90.2 cm³/mol. The van der Waals surface area contributed by atoms with Gasteiger partial charge in [-0.05, 0) is 42.3 Å². The van der Waals surface area contributed by atoms with Crippen LogP contribution in [0.4, 0.5) is 5.69 Å². The van der Waals surface area contributed by atoms with Crippen molar-refractivity contribution in [2.75, 3.05) is 11.9 Å². The molecule has 0 saturated carbocycles. The molecule has 0 spiro atoms. The summed E-state index contributed by atoms with van der Waals surface area (Å²) in [6, 6.07) is 16.1. The first-order chi connectivity index (χ1) is 11.7. The summed E-state index contributed by atoms with van der Waals surface area (Å²) in [4.78, 5) is 25.9. The minimum absolute atomic E-state index is 0.165. The molecule has 1 aliphatic heterocycles. The maximum absolute atomic E-state index is 12.4. The van der Waals surface area contributed by atoms with Crippen LogP contribution >= 0.6 is 0 Å². The number of hydrogen-bond acceptors (Lipinski definition) is 3. The number of amides is 2.